The summed E-state index contributed by atoms with van der Waals surface area (Å²) in [5.74, 6) is 2.17. The van der Waals surface area contributed by atoms with Crippen LogP contribution >= 0.6 is 0 Å². The zero-order valence-corrected chi connectivity index (χ0v) is 37.0. The van der Waals surface area contributed by atoms with Crippen LogP contribution in [0.1, 0.15) is 52.0 Å². The van der Waals surface area contributed by atoms with E-state index in [0.29, 0.717) is 17.8 Å². The van der Waals surface area contributed by atoms with Gasteiger partial charge in [0.1, 0.15) is 0 Å². The molecule has 1 fully saturated rings. The minimum Gasteiger partial charge on any atom is -0.309 e. The zero-order chi connectivity index (χ0) is 44.0. The van der Waals surface area contributed by atoms with Gasteiger partial charge in [-0.25, -0.2) is 9.97 Å². The molecule has 2 heterocycles. The summed E-state index contributed by atoms with van der Waals surface area (Å²) in [4.78, 5) is 10.4. The third-order valence-electron chi connectivity index (χ3n) is 15.0. The van der Waals surface area contributed by atoms with Crippen LogP contribution in [0, 0.1) is 0 Å². The highest BCUT2D eigenvalue weighted by atomic mass is 15.0. The second-order valence-electron chi connectivity index (χ2n) is 18.8. The summed E-state index contributed by atoms with van der Waals surface area (Å²) in [6.45, 7) is 0. The minimum absolute atomic E-state index is 0.372. The van der Waals surface area contributed by atoms with Gasteiger partial charge >= 0.3 is 0 Å². The van der Waals surface area contributed by atoms with Gasteiger partial charge in [-0.1, -0.05) is 170 Å². The third kappa shape index (κ3) is 6.33. The number of fused-ring (bicyclic) bond motifs is 12. The van der Waals surface area contributed by atoms with E-state index < -0.39 is 0 Å². The second-order valence-corrected chi connectivity index (χ2v) is 18.8. The van der Waals surface area contributed by atoms with Gasteiger partial charge in [0.05, 0.1) is 22.4 Å². The van der Waals surface area contributed by atoms with E-state index in [2.05, 4.69) is 223 Å². The first-order valence-corrected chi connectivity index (χ1v) is 23.8. The van der Waals surface area contributed by atoms with E-state index in [4.69, 9.17) is 9.97 Å². The molecule has 67 heavy (non-hydrogen) atoms. The highest BCUT2D eigenvalue weighted by Gasteiger charge is 2.47. The summed E-state index contributed by atoms with van der Waals surface area (Å²) in [7, 11) is 0. The molecule has 0 bridgehead atoms. The lowest BCUT2D eigenvalue weighted by Crippen LogP contribution is -2.11. The van der Waals surface area contributed by atoms with Crippen molar-refractivity contribution in [2.24, 2.45) is 0 Å². The molecule has 0 radical (unpaired) electrons. The van der Waals surface area contributed by atoms with Crippen LogP contribution in [0.5, 0.6) is 0 Å². The van der Waals surface area contributed by atoms with Gasteiger partial charge in [-0.3, -0.25) is 0 Å². The van der Waals surface area contributed by atoms with Crippen molar-refractivity contribution in [2.75, 3.05) is 0 Å². The largest absolute Gasteiger partial charge is 0.309 e. The van der Waals surface area contributed by atoms with Gasteiger partial charge in [-0.05, 0) is 147 Å². The first kappa shape index (κ1) is 38.2. The Balaban J connectivity index is 0.830. The van der Waals surface area contributed by atoms with Gasteiger partial charge in [0.2, 0.25) is 0 Å². The van der Waals surface area contributed by atoms with Gasteiger partial charge in [-0.15, -0.1) is 0 Å². The highest BCUT2D eigenvalue weighted by molar-refractivity contribution is 6.10. The number of nitrogens with zero attached hydrogens (tertiary/aromatic N) is 3. The molecule has 3 heteroatoms. The Morgan fingerprint density at radius 1 is 0.373 bits per heavy atom. The fourth-order valence-electron chi connectivity index (χ4n) is 11.8. The summed E-state index contributed by atoms with van der Waals surface area (Å²) in [5, 5.41) is 2.55. The molecule has 0 spiro atoms. The first-order chi connectivity index (χ1) is 33.2. The van der Waals surface area contributed by atoms with Crippen molar-refractivity contribution in [3.05, 3.63) is 246 Å². The van der Waals surface area contributed by atoms with Crippen molar-refractivity contribution >= 4 is 21.8 Å². The smallest absolute Gasteiger partial charge is 0.160 e. The standard InChI is InChI=1S/C64H45N3/c1-4-15-40(16-5-1)59-39-60(41-17-6-2-7-18-41)66-64(65-59)46-29-31-51-53-25-14-24-50(63(53)58-38-56(58)55(51)37-46)47-33-44-19-10-11-22-49(44)54-35-42(27-28-45(54)34-47)43-30-32-62-57(36-43)52-23-12-13-26-61(52)67(62)48-20-8-3-9-21-48/h1-32,35-37,39,47,56,58H,33-34,38H2. The van der Waals surface area contributed by atoms with Crippen LogP contribution in [0.2, 0.25) is 0 Å². The van der Waals surface area contributed by atoms with Crippen LogP contribution < -0.4 is 0 Å². The quantitative estimate of drug-likeness (QED) is 0.167. The fraction of sp³-hybridized carbons (Fsp3) is 0.0938. The molecule has 3 nitrogen and oxygen atoms in total. The summed E-state index contributed by atoms with van der Waals surface area (Å²) in [6.07, 6.45) is 3.20. The van der Waals surface area contributed by atoms with Crippen LogP contribution in [0.25, 0.3) is 94.8 Å². The van der Waals surface area contributed by atoms with Crippen molar-refractivity contribution in [3.8, 4) is 73.0 Å². The lowest BCUT2D eigenvalue weighted by atomic mass is 9.77. The third-order valence-corrected chi connectivity index (χ3v) is 15.0. The van der Waals surface area contributed by atoms with Gasteiger partial charge in [-0.2, -0.15) is 0 Å². The lowest BCUT2D eigenvalue weighted by Gasteiger charge is -2.27. The number of aromatic nitrogens is 3. The molecule has 3 unspecified atom stereocenters. The molecule has 0 N–H and O–H groups in total. The van der Waals surface area contributed by atoms with Crippen LogP contribution in [-0.2, 0) is 12.8 Å². The van der Waals surface area contributed by atoms with E-state index in [1.165, 1.54) is 89.5 Å². The predicted octanol–water partition coefficient (Wildman–Crippen LogP) is 16.0. The summed E-state index contributed by atoms with van der Waals surface area (Å²) >= 11 is 0. The average molecular weight is 856 g/mol. The summed E-state index contributed by atoms with van der Waals surface area (Å²) in [6, 6.07) is 80.3. The Hall–Kier alpha value is -8.14. The number of hydrogen-bond acceptors (Lipinski definition) is 2. The molecule has 11 aromatic rings. The van der Waals surface area contributed by atoms with Crippen LogP contribution in [0.15, 0.2) is 218 Å². The molecule has 3 aliphatic carbocycles. The van der Waals surface area contributed by atoms with E-state index >= 15 is 0 Å². The van der Waals surface area contributed by atoms with Crippen molar-refractivity contribution in [1.29, 1.82) is 0 Å². The predicted molar refractivity (Wildman–Crippen MR) is 276 cm³/mol. The molecule has 316 valence electrons. The number of hydrogen-bond donors (Lipinski definition) is 0. The Kier molecular flexibility index (Phi) is 8.67. The number of benzene rings is 9. The Morgan fingerprint density at radius 3 is 1.79 bits per heavy atom. The lowest BCUT2D eigenvalue weighted by molar-refractivity contribution is 0.678. The maximum absolute atomic E-state index is 5.20. The molecule has 0 aliphatic heterocycles. The maximum Gasteiger partial charge on any atom is 0.160 e. The van der Waals surface area contributed by atoms with E-state index in [9.17, 15) is 0 Å². The fourth-order valence-corrected chi connectivity index (χ4v) is 11.8. The monoisotopic (exact) mass is 855 g/mol. The molecule has 0 amide bonds. The van der Waals surface area contributed by atoms with Crippen molar-refractivity contribution in [2.45, 2.75) is 37.0 Å². The first-order valence-electron chi connectivity index (χ1n) is 23.8. The zero-order valence-electron chi connectivity index (χ0n) is 37.0. The van der Waals surface area contributed by atoms with Crippen LogP contribution in [0.3, 0.4) is 0 Å². The van der Waals surface area contributed by atoms with Gasteiger partial charge in [0.25, 0.3) is 0 Å². The van der Waals surface area contributed by atoms with Crippen molar-refractivity contribution in [3.63, 3.8) is 0 Å². The topological polar surface area (TPSA) is 30.7 Å². The molecule has 3 atom stereocenters. The SMILES string of the molecule is c1ccc(-c2cc(-c3ccccc3)nc(-c3ccc4c(c3)C3CC3c3c-4cccc3C3Cc4ccccc4-c4cc(-c5ccc6c(c5)c5ccccc5n6-c5ccccc5)ccc4C3)n2)cc1. The van der Waals surface area contributed by atoms with E-state index in [0.717, 1.165) is 46.7 Å². The Labute approximate surface area is 390 Å². The summed E-state index contributed by atoms with van der Waals surface area (Å²) < 4.78 is 2.40. The minimum atomic E-state index is 0.372. The molecular formula is C64H45N3. The van der Waals surface area contributed by atoms with Crippen LogP contribution in [-0.4, -0.2) is 14.5 Å². The molecular weight excluding hydrogens is 811 g/mol. The molecule has 14 rings (SSSR count). The average Bonchev–Trinajstić information content (AvgIpc) is 4.17. The maximum atomic E-state index is 5.20. The molecule has 3 aliphatic rings. The molecule has 0 saturated heterocycles. The number of para-hydroxylation sites is 2. The van der Waals surface area contributed by atoms with E-state index in [-0.39, 0.29) is 0 Å². The molecule has 2 aromatic heterocycles. The number of rotatable bonds is 6. The van der Waals surface area contributed by atoms with Crippen molar-refractivity contribution in [1.82, 2.24) is 14.5 Å². The normalized spacial score (nSPS) is 16.6. The van der Waals surface area contributed by atoms with Crippen LogP contribution in [0.4, 0.5) is 0 Å². The van der Waals surface area contributed by atoms with Gasteiger partial charge in [0.15, 0.2) is 5.82 Å². The molecule has 9 aromatic carbocycles. The highest BCUT2D eigenvalue weighted by Crippen LogP contribution is 2.64. The Morgan fingerprint density at radius 2 is 1.00 bits per heavy atom. The summed E-state index contributed by atoms with van der Waals surface area (Å²) in [5.41, 5.74) is 24.2. The second kappa shape index (κ2) is 15.2. The Bertz CT molecular complexity index is 3680. The van der Waals surface area contributed by atoms with E-state index in [1.54, 1.807) is 5.56 Å². The molecule has 1 saturated carbocycles. The van der Waals surface area contributed by atoms with Gasteiger partial charge < -0.3 is 4.57 Å². The van der Waals surface area contributed by atoms with Gasteiger partial charge in [0, 0.05) is 33.2 Å². The van der Waals surface area contributed by atoms with E-state index in [1.807, 2.05) is 0 Å². The van der Waals surface area contributed by atoms with Crippen molar-refractivity contribution < 1.29 is 0 Å².